The van der Waals surface area contributed by atoms with Crippen LogP contribution in [0.25, 0.3) is 22.0 Å². The van der Waals surface area contributed by atoms with E-state index in [1.807, 2.05) is 36.0 Å². The van der Waals surface area contributed by atoms with Gasteiger partial charge in [-0.1, -0.05) is 60.3 Å². The van der Waals surface area contributed by atoms with Gasteiger partial charge < -0.3 is 4.74 Å². The molecule has 2 N–H and O–H groups in total. The molecule has 1 fully saturated rings. The van der Waals surface area contributed by atoms with E-state index < -0.39 is 18.4 Å². The van der Waals surface area contributed by atoms with Crippen LogP contribution in [0.4, 0.5) is 13.2 Å². The summed E-state index contributed by atoms with van der Waals surface area (Å²) in [4.78, 5) is 11.1. The zero-order valence-electron chi connectivity index (χ0n) is 18.4. The first-order chi connectivity index (χ1) is 16.0. The molecule has 2 unspecified atom stereocenters. The molecule has 0 radical (unpaired) electrons. The van der Waals surface area contributed by atoms with Gasteiger partial charge in [0.05, 0.1) is 0 Å². The Hall–Kier alpha value is -2.29. The standard InChI is InChI=1S/C24H24Cl2F3N3O2/c1-32-22(14(11-13-5-6-13)7-10-20(30)34-23(33)24(27,28)29)18-4-2-3-17(21(18)31-32)16-9-8-15(25)12-19(16)26/h2-4,8-9,12-14,20H,5-7,10-11,30H2,1H3. The second-order valence-electron chi connectivity index (χ2n) is 8.73. The second kappa shape index (κ2) is 9.76. The lowest BCUT2D eigenvalue weighted by Crippen LogP contribution is -2.34. The van der Waals surface area contributed by atoms with Crippen LogP contribution in [0.5, 0.6) is 0 Å². The molecule has 0 aliphatic heterocycles. The fourth-order valence-electron chi connectivity index (χ4n) is 4.40. The molecule has 10 heteroatoms. The second-order valence-corrected chi connectivity index (χ2v) is 9.57. The maximum atomic E-state index is 12.5. The summed E-state index contributed by atoms with van der Waals surface area (Å²) in [6.45, 7) is 0. The number of hydrogen-bond acceptors (Lipinski definition) is 4. The third kappa shape index (κ3) is 5.50. The van der Waals surface area contributed by atoms with Crippen molar-refractivity contribution >= 4 is 40.1 Å². The van der Waals surface area contributed by atoms with Gasteiger partial charge in [0.1, 0.15) is 5.52 Å². The Morgan fingerprint density at radius 1 is 1.21 bits per heavy atom. The molecule has 2 aromatic carbocycles. The molecule has 1 aliphatic rings. The van der Waals surface area contributed by atoms with Crippen molar-refractivity contribution in [3.63, 3.8) is 0 Å². The van der Waals surface area contributed by atoms with Crippen molar-refractivity contribution in [3.05, 3.63) is 52.1 Å². The zero-order chi connectivity index (χ0) is 24.6. The highest BCUT2D eigenvalue weighted by atomic mass is 35.5. The minimum absolute atomic E-state index is 0.00548. The number of aromatic nitrogens is 2. The molecule has 4 rings (SSSR count). The van der Waals surface area contributed by atoms with E-state index in [0.717, 1.165) is 47.0 Å². The average Bonchev–Trinajstić information content (AvgIpc) is 3.50. The van der Waals surface area contributed by atoms with Crippen LogP contribution in [0, 0.1) is 5.92 Å². The lowest BCUT2D eigenvalue weighted by Gasteiger charge is -2.20. The summed E-state index contributed by atoms with van der Waals surface area (Å²) in [5, 5.41) is 6.76. The van der Waals surface area contributed by atoms with E-state index in [9.17, 15) is 18.0 Å². The third-order valence-corrected chi connectivity index (χ3v) is 6.67. The molecule has 0 bridgehead atoms. The number of fused-ring (bicyclic) bond motifs is 1. The summed E-state index contributed by atoms with van der Waals surface area (Å²) >= 11 is 12.5. The number of rotatable bonds is 8. The van der Waals surface area contributed by atoms with Gasteiger partial charge in [0, 0.05) is 45.2 Å². The number of nitrogens with two attached hydrogens (primary N) is 1. The van der Waals surface area contributed by atoms with Gasteiger partial charge in [-0.05, 0) is 37.3 Å². The van der Waals surface area contributed by atoms with Gasteiger partial charge in [-0.3, -0.25) is 10.4 Å². The first kappa shape index (κ1) is 24.8. The largest absolute Gasteiger partial charge is 0.490 e. The van der Waals surface area contributed by atoms with Crippen LogP contribution in [0.15, 0.2) is 36.4 Å². The van der Waals surface area contributed by atoms with Crippen LogP contribution >= 0.6 is 23.2 Å². The number of ether oxygens (including phenoxy) is 1. The number of esters is 1. The molecule has 5 nitrogen and oxygen atoms in total. The van der Waals surface area contributed by atoms with Crippen LogP contribution in [-0.4, -0.2) is 28.2 Å². The van der Waals surface area contributed by atoms with Gasteiger partial charge in [0.2, 0.25) is 0 Å². The summed E-state index contributed by atoms with van der Waals surface area (Å²) in [6, 6.07) is 11.2. The molecule has 0 spiro atoms. The SMILES string of the molecule is Cn1nc2c(-c3ccc(Cl)cc3Cl)cccc2c1C(CCC(N)OC(=O)C(F)(F)F)CC1CC1. The predicted molar refractivity (Wildman–Crippen MR) is 126 cm³/mol. The Bertz CT molecular complexity index is 1210. The summed E-state index contributed by atoms with van der Waals surface area (Å²) < 4.78 is 43.7. The quantitative estimate of drug-likeness (QED) is 0.272. The average molecular weight is 514 g/mol. The maximum Gasteiger partial charge on any atom is 0.490 e. The third-order valence-electron chi connectivity index (χ3n) is 6.12. The van der Waals surface area contributed by atoms with E-state index in [1.54, 1.807) is 12.1 Å². The van der Waals surface area contributed by atoms with Crippen LogP contribution in [0.1, 0.15) is 43.7 Å². The van der Waals surface area contributed by atoms with E-state index in [0.29, 0.717) is 22.4 Å². The molecule has 34 heavy (non-hydrogen) atoms. The van der Waals surface area contributed by atoms with E-state index >= 15 is 0 Å². The molecule has 1 aromatic heterocycles. The molecule has 1 saturated carbocycles. The van der Waals surface area contributed by atoms with Crippen LogP contribution < -0.4 is 5.73 Å². The monoisotopic (exact) mass is 513 g/mol. The molecule has 1 heterocycles. The van der Waals surface area contributed by atoms with Gasteiger partial charge in [-0.15, -0.1) is 0 Å². The number of hydrogen-bond donors (Lipinski definition) is 1. The summed E-state index contributed by atoms with van der Waals surface area (Å²) in [5.74, 6) is -1.72. The zero-order valence-corrected chi connectivity index (χ0v) is 19.9. The number of carbonyl (C=O) groups is 1. The number of nitrogens with zero attached hydrogens (tertiary/aromatic N) is 2. The van der Waals surface area contributed by atoms with Gasteiger partial charge in [0.25, 0.3) is 0 Å². The van der Waals surface area contributed by atoms with Crippen molar-refractivity contribution in [3.8, 4) is 11.1 Å². The fraction of sp³-hybridized carbons (Fsp3) is 0.417. The van der Waals surface area contributed by atoms with Gasteiger partial charge >= 0.3 is 12.1 Å². The number of benzene rings is 2. The topological polar surface area (TPSA) is 70.1 Å². The molecule has 0 amide bonds. The normalized spacial score (nSPS) is 16.0. The lowest BCUT2D eigenvalue weighted by molar-refractivity contribution is -0.205. The molecular weight excluding hydrogens is 490 g/mol. The Balaban J connectivity index is 1.64. The first-order valence-corrected chi connectivity index (χ1v) is 11.7. The van der Waals surface area contributed by atoms with Gasteiger partial charge in [-0.25, -0.2) is 4.79 Å². The van der Waals surface area contributed by atoms with Crippen LogP contribution in [0.2, 0.25) is 10.0 Å². The van der Waals surface area contributed by atoms with E-state index in [1.165, 1.54) is 0 Å². The van der Waals surface area contributed by atoms with E-state index in [2.05, 4.69) is 4.74 Å². The highest BCUT2D eigenvalue weighted by molar-refractivity contribution is 6.36. The minimum atomic E-state index is -5.07. The van der Waals surface area contributed by atoms with Crippen molar-refractivity contribution in [2.24, 2.45) is 18.7 Å². The summed E-state index contributed by atoms with van der Waals surface area (Å²) in [6.07, 6.45) is -2.74. The number of halogens is 5. The molecule has 0 saturated heterocycles. The number of carbonyl (C=O) groups excluding carboxylic acids is 1. The van der Waals surface area contributed by atoms with Crippen molar-refractivity contribution in [1.82, 2.24) is 9.78 Å². The molecule has 3 aromatic rings. The minimum Gasteiger partial charge on any atom is -0.440 e. The van der Waals surface area contributed by atoms with Crippen molar-refractivity contribution in [2.75, 3.05) is 0 Å². The van der Waals surface area contributed by atoms with Crippen LogP contribution in [0.3, 0.4) is 0 Å². The fourth-order valence-corrected chi connectivity index (χ4v) is 4.91. The Kier molecular flexibility index (Phi) is 7.12. The van der Waals surface area contributed by atoms with Crippen molar-refractivity contribution in [2.45, 2.75) is 50.4 Å². The maximum absolute atomic E-state index is 12.5. The number of aryl methyl sites for hydroxylation is 1. The molecular formula is C24H24Cl2F3N3O2. The van der Waals surface area contributed by atoms with E-state index in [4.69, 9.17) is 34.0 Å². The van der Waals surface area contributed by atoms with Crippen molar-refractivity contribution < 1.29 is 22.7 Å². The Morgan fingerprint density at radius 2 is 1.94 bits per heavy atom. The predicted octanol–water partition coefficient (Wildman–Crippen LogP) is 6.60. The van der Waals surface area contributed by atoms with Gasteiger partial charge in [-0.2, -0.15) is 18.3 Å². The first-order valence-electron chi connectivity index (χ1n) is 11.0. The smallest absolute Gasteiger partial charge is 0.440 e. The highest BCUT2D eigenvalue weighted by Crippen LogP contribution is 2.43. The highest BCUT2D eigenvalue weighted by Gasteiger charge is 2.42. The van der Waals surface area contributed by atoms with Crippen molar-refractivity contribution in [1.29, 1.82) is 0 Å². The molecule has 182 valence electrons. The lowest BCUT2D eigenvalue weighted by atomic mass is 9.90. The Morgan fingerprint density at radius 3 is 2.59 bits per heavy atom. The molecule has 2 atom stereocenters. The van der Waals surface area contributed by atoms with E-state index in [-0.39, 0.29) is 12.3 Å². The van der Waals surface area contributed by atoms with Crippen LogP contribution in [-0.2, 0) is 16.6 Å². The molecule has 1 aliphatic carbocycles. The number of alkyl halides is 3. The summed E-state index contributed by atoms with van der Waals surface area (Å²) in [5.41, 5.74) is 9.13. The summed E-state index contributed by atoms with van der Waals surface area (Å²) in [7, 11) is 1.85. The van der Waals surface area contributed by atoms with Gasteiger partial charge in [0.15, 0.2) is 6.23 Å². The Labute approximate surface area is 205 Å².